The highest BCUT2D eigenvalue weighted by Crippen LogP contribution is 2.16. The maximum atomic E-state index is 12.1. The molecule has 0 bridgehead atoms. The number of carboxylic acid groups (broad SMARTS) is 1. The highest BCUT2D eigenvalue weighted by Gasteiger charge is 2.20. The van der Waals surface area contributed by atoms with Crippen LogP contribution in [0.1, 0.15) is 16.8 Å². The van der Waals surface area contributed by atoms with Gasteiger partial charge in [0.15, 0.2) is 0 Å². The Bertz CT molecular complexity index is 495. The first-order valence-corrected chi connectivity index (χ1v) is 6.01. The van der Waals surface area contributed by atoms with Gasteiger partial charge in [-0.2, -0.15) is 8.78 Å². The van der Waals surface area contributed by atoms with Crippen LogP contribution in [0.3, 0.4) is 0 Å². The second-order valence-corrected chi connectivity index (χ2v) is 4.05. The van der Waals surface area contributed by atoms with Gasteiger partial charge in [-0.1, -0.05) is 6.07 Å². The molecule has 0 aliphatic rings. The van der Waals surface area contributed by atoms with Gasteiger partial charge in [0.1, 0.15) is 11.8 Å². The molecule has 1 unspecified atom stereocenters. The average Bonchev–Trinajstić information content (AvgIpc) is 2.42. The van der Waals surface area contributed by atoms with Gasteiger partial charge in [-0.3, -0.25) is 4.79 Å². The van der Waals surface area contributed by atoms with Crippen molar-refractivity contribution >= 4 is 11.9 Å². The lowest BCUT2D eigenvalue weighted by Gasteiger charge is -2.14. The number of rotatable bonds is 8. The molecule has 116 valence electrons. The predicted octanol–water partition coefficient (Wildman–Crippen LogP) is 1.51. The van der Waals surface area contributed by atoms with Crippen molar-refractivity contribution in [2.75, 3.05) is 13.7 Å². The SMILES string of the molecule is COCCC(NC(=O)c1cccc(OC(F)F)c1)C(=O)O. The summed E-state index contributed by atoms with van der Waals surface area (Å²) in [5.41, 5.74) is 0.0248. The fourth-order valence-corrected chi connectivity index (χ4v) is 1.55. The second kappa shape index (κ2) is 8.15. The number of hydrogen-bond donors (Lipinski definition) is 2. The fraction of sp³-hybridized carbons (Fsp3) is 0.385. The maximum absolute atomic E-state index is 12.1. The van der Waals surface area contributed by atoms with Crippen LogP contribution in [0.5, 0.6) is 5.75 Å². The predicted molar refractivity (Wildman–Crippen MR) is 68.5 cm³/mol. The van der Waals surface area contributed by atoms with E-state index in [-0.39, 0.29) is 24.3 Å². The molecule has 6 nitrogen and oxygen atoms in total. The van der Waals surface area contributed by atoms with Crippen molar-refractivity contribution in [3.05, 3.63) is 29.8 Å². The fourth-order valence-electron chi connectivity index (χ4n) is 1.55. The number of aliphatic carboxylic acids is 1. The van der Waals surface area contributed by atoms with Crippen molar-refractivity contribution in [2.45, 2.75) is 19.1 Å². The Morgan fingerprint density at radius 1 is 1.38 bits per heavy atom. The Kier molecular flexibility index (Phi) is 6.54. The Morgan fingerprint density at radius 3 is 2.67 bits per heavy atom. The van der Waals surface area contributed by atoms with E-state index in [0.717, 1.165) is 6.07 Å². The third kappa shape index (κ3) is 5.74. The largest absolute Gasteiger partial charge is 0.480 e. The van der Waals surface area contributed by atoms with Gasteiger partial charge in [-0.15, -0.1) is 0 Å². The summed E-state index contributed by atoms with van der Waals surface area (Å²) in [5.74, 6) is -2.08. The molecule has 2 N–H and O–H groups in total. The van der Waals surface area contributed by atoms with Crippen molar-refractivity contribution in [2.24, 2.45) is 0 Å². The van der Waals surface area contributed by atoms with E-state index >= 15 is 0 Å². The van der Waals surface area contributed by atoms with Crippen molar-refractivity contribution < 1.29 is 33.0 Å². The van der Waals surface area contributed by atoms with Crippen molar-refractivity contribution in [3.63, 3.8) is 0 Å². The van der Waals surface area contributed by atoms with Gasteiger partial charge >= 0.3 is 12.6 Å². The number of amides is 1. The third-order valence-corrected chi connectivity index (χ3v) is 2.54. The Labute approximate surface area is 119 Å². The van der Waals surface area contributed by atoms with Gasteiger partial charge < -0.3 is 19.9 Å². The summed E-state index contributed by atoms with van der Waals surface area (Å²) >= 11 is 0. The number of halogens is 2. The quantitative estimate of drug-likeness (QED) is 0.760. The molecule has 1 atom stereocenters. The van der Waals surface area contributed by atoms with Crippen molar-refractivity contribution in [1.82, 2.24) is 5.32 Å². The zero-order chi connectivity index (χ0) is 15.8. The van der Waals surface area contributed by atoms with Crippen LogP contribution >= 0.6 is 0 Å². The van der Waals surface area contributed by atoms with E-state index in [4.69, 9.17) is 9.84 Å². The van der Waals surface area contributed by atoms with E-state index < -0.39 is 24.5 Å². The molecule has 0 aliphatic heterocycles. The summed E-state index contributed by atoms with van der Waals surface area (Å²) in [4.78, 5) is 22.9. The Balaban J connectivity index is 2.75. The van der Waals surface area contributed by atoms with E-state index in [0.29, 0.717) is 0 Å². The number of carbonyl (C=O) groups excluding carboxylic acids is 1. The molecular weight excluding hydrogens is 288 g/mol. The van der Waals surface area contributed by atoms with Crippen LogP contribution in [-0.2, 0) is 9.53 Å². The van der Waals surface area contributed by atoms with Gasteiger partial charge in [-0.05, 0) is 18.2 Å². The summed E-state index contributed by atoms with van der Waals surface area (Å²) in [6.07, 6.45) is 0.0881. The van der Waals surface area contributed by atoms with Crippen molar-refractivity contribution in [3.8, 4) is 5.75 Å². The normalized spacial score (nSPS) is 12.0. The first-order valence-electron chi connectivity index (χ1n) is 6.01. The monoisotopic (exact) mass is 303 g/mol. The molecule has 8 heteroatoms. The molecule has 1 aromatic carbocycles. The molecular formula is C13H15F2NO5. The van der Waals surface area contributed by atoms with Gasteiger partial charge in [0.05, 0.1) is 0 Å². The number of hydrogen-bond acceptors (Lipinski definition) is 4. The minimum absolute atomic E-state index is 0.0248. The summed E-state index contributed by atoms with van der Waals surface area (Å²) in [6, 6.07) is 3.97. The van der Waals surface area contributed by atoms with Crippen molar-refractivity contribution in [1.29, 1.82) is 0 Å². The van der Waals surface area contributed by atoms with Crippen LogP contribution in [-0.4, -0.2) is 43.4 Å². The number of benzene rings is 1. The Morgan fingerprint density at radius 2 is 2.10 bits per heavy atom. The lowest BCUT2D eigenvalue weighted by atomic mass is 10.1. The molecule has 0 radical (unpaired) electrons. The minimum Gasteiger partial charge on any atom is -0.480 e. The van der Waals surface area contributed by atoms with E-state index in [2.05, 4.69) is 10.1 Å². The molecule has 0 heterocycles. The van der Waals surface area contributed by atoms with Gasteiger partial charge in [-0.25, -0.2) is 4.79 Å². The van der Waals surface area contributed by atoms with Crippen LogP contribution in [0.15, 0.2) is 24.3 Å². The molecule has 0 aromatic heterocycles. The highest BCUT2D eigenvalue weighted by molar-refractivity contribution is 5.96. The maximum Gasteiger partial charge on any atom is 0.387 e. The smallest absolute Gasteiger partial charge is 0.387 e. The van der Waals surface area contributed by atoms with E-state index in [1.807, 2.05) is 0 Å². The summed E-state index contributed by atoms with van der Waals surface area (Å²) in [7, 11) is 1.41. The Hall–Kier alpha value is -2.22. The zero-order valence-electron chi connectivity index (χ0n) is 11.2. The second-order valence-electron chi connectivity index (χ2n) is 4.05. The topological polar surface area (TPSA) is 84.9 Å². The molecule has 0 fully saturated rings. The van der Waals surface area contributed by atoms with Crippen LogP contribution in [0, 0.1) is 0 Å². The standard InChI is InChI=1S/C13H15F2NO5/c1-20-6-5-10(12(18)19)16-11(17)8-3-2-4-9(7-8)21-13(14)15/h2-4,7,10,13H,5-6H2,1H3,(H,16,17)(H,18,19). The molecule has 1 rings (SSSR count). The third-order valence-electron chi connectivity index (χ3n) is 2.54. The zero-order valence-corrected chi connectivity index (χ0v) is 11.2. The summed E-state index contributed by atoms with van der Waals surface area (Å²) in [5, 5.41) is 11.3. The molecule has 21 heavy (non-hydrogen) atoms. The number of carboxylic acids is 1. The molecule has 0 saturated heterocycles. The van der Waals surface area contributed by atoms with Crippen LogP contribution in [0.2, 0.25) is 0 Å². The lowest BCUT2D eigenvalue weighted by molar-refractivity contribution is -0.139. The van der Waals surface area contributed by atoms with Gasteiger partial charge in [0, 0.05) is 25.7 Å². The number of carbonyl (C=O) groups is 2. The number of methoxy groups -OCH3 is 1. The van der Waals surface area contributed by atoms with Gasteiger partial charge in [0.2, 0.25) is 0 Å². The van der Waals surface area contributed by atoms with E-state index in [1.54, 1.807) is 0 Å². The molecule has 1 amide bonds. The van der Waals surface area contributed by atoms with Crippen LogP contribution < -0.4 is 10.1 Å². The molecule has 0 saturated carbocycles. The van der Waals surface area contributed by atoms with Gasteiger partial charge in [0.25, 0.3) is 5.91 Å². The first kappa shape index (κ1) is 16.8. The number of alkyl halides is 2. The molecule has 0 spiro atoms. The number of ether oxygens (including phenoxy) is 2. The van der Waals surface area contributed by atoms with Crippen LogP contribution in [0.4, 0.5) is 8.78 Å². The minimum atomic E-state index is -3.00. The molecule has 0 aliphatic carbocycles. The van der Waals surface area contributed by atoms with Crippen LogP contribution in [0.25, 0.3) is 0 Å². The molecule has 1 aromatic rings. The van der Waals surface area contributed by atoms with E-state index in [1.165, 1.54) is 25.3 Å². The number of nitrogens with one attached hydrogen (secondary N) is 1. The average molecular weight is 303 g/mol. The summed E-state index contributed by atoms with van der Waals surface area (Å²) in [6.45, 7) is -2.84. The first-order chi connectivity index (χ1) is 9.93. The lowest BCUT2D eigenvalue weighted by Crippen LogP contribution is -2.41. The van der Waals surface area contributed by atoms with E-state index in [9.17, 15) is 18.4 Å². The summed E-state index contributed by atoms with van der Waals surface area (Å²) < 4.78 is 33.1. The highest BCUT2D eigenvalue weighted by atomic mass is 19.3.